The molecule has 1 fully saturated rings. The molecule has 2 atom stereocenters. The number of halogens is 3. The van der Waals surface area contributed by atoms with Crippen LogP contribution in [0, 0.1) is 0 Å². The maximum absolute atomic E-state index is 12.4. The first-order valence-electron chi connectivity index (χ1n) is 9.09. The minimum Gasteiger partial charge on any atom is -0.366 e. The third kappa shape index (κ3) is 6.33. The summed E-state index contributed by atoms with van der Waals surface area (Å²) in [7, 11) is -5.58. The molecule has 152 valence electrons. The Morgan fingerprint density at radius 3 is 2.56 bits per heavy atom. The lowest BCUT2D eigenvalue weighted by molar-refractivity contribution is -0.0536. The van der Waals surface area contributed by atoms with Gasteiger partial charge in [-0.1, -0.05) is 62.6 Å². The standard InChI is InChI=1S/C19H25F3O4S/c1-2-3-5-10-17-16(13-14-25-27(23,24)19(20,21)22)11-12-18(26-17)15-8-6-4-7-9-15/h4,6-9,13,17-18H,2-3,5,10-12,14H2,1H3. The molecule has 2 unspecified atom stereocenters. The van der Waals surface area contributed by atoms with Gasteiger partial charge in [-0.15, -0.1) is 0 Å². The fourth-order valence-electron chi connectivity index (χ4n) is 3.09. The van der Waals surface area contributed by atoms with E-state index >= 15 is 0 Å². The zero-order valence-electron chi connectivity index (χ0n) is 15.2. The largest absolute Gasteiger partial charge is 0.523 e. The Balaban J connectivity index is 2.05. The summed E-state index contributed by atoms with van der Waals surface area (Å²) in [5, 5.41) is 0. The number of unbranched alkanes of at least 4 members (excludes halogenated alkanes) is 2. The van der Waals surface area contributed by atoms with E-state index in [9.17, 15) is 21.6 Å². The summed E-state index contributed by atoms with van der Waals surface area (Å²) >= 11 is 0. The molecule has 0 N–H and O–H groups in total. The van der Waals surface area contributed by atoms with E-state index in [0.29, 0.717) is 12.8 Å². The van der Waals surface area contributed by atoms with E-state index in [0.717, 1.165) is 36.8 Å². The van der Waals surface area contributed by atoms with Crippen molar-refractivity contribution in [2.75, 3.05) is 6.61 Å². The van der Waals surface area contributed by atoms with Gasteiger partial charge in [-0.3, -0.25) is 4.18 Å². The predicted octanol–water partition coefficient (Wildman–Crippen LogP) is 5.28. The Hall–Kier alpha value is -1.38. The van der Waals surface area contributed by atoms with E-state index in [4.69, 9.17) is 4.74 Å². The predicted molar refractivity (Wildman–Crippen MR) is 96.4 cm³/mol. The van der Waals surface area contributed by atoms with Crippen molar-refractivity contribution >= 4 is 10.1 Å². The topological polar surface area (TPSA) is 52.6 Å². The summed E-state index contributed by atoms with van der Waals surface area (Å²) in [6.07, 6.45) is 6.17. The molecule has 1 saturated heterocycles. The highest BCUT2D eigenvalue weighted by molar-refractivity contribution is 7.87. The third-order valence-electron chi connectivity index (χ3n) is 4.53. The van der Waals surface area contributed by atoms with Crippen molar-refractivity contribution in [3.8, 4) is 0 Å². The normalized spacial score (nSPS) is 22.9. The van der Waals surface area contributed by atoms with Gasteiger partial charge in [0.2, 0.25) is 0 Å². The number of benzene rings is 1. The minimum absolute atomic E-state index is 0.0743. The van der Waals surface area contributed by atoms with E-state index in [2.05, 4.69) is 11.1 Å². The van der Waals surface area contributed by atoms with Gasteiger partial charge in [0.15, 0.2) is 0 Å². The number of alkyl halides is 3. The van der Waals surface area contributed by atoms with Crippen molar-refractivity contribution in [1.29, 1.82) is 0 Å². The van der Waals surface area contributed by atoms with Crippen LogP contribution in [0.1, 0.15) is 57.1 Å². The lowest BCUT2D eigenvalue weighted by Gasteiger charge is -2.33. The molecule has 1 aromatic rings. The molecule has 8 heteroatoms. The van der Waals surface area contributed by atoms with Crippen LogP contribution in [0.2, 0.25) is 0 Å². The van der Waals surface area contributed by atoms with Crippen LogP contribution in [0.5, 0.6) is 0 Å². The van der Waals surface area contributed by atoms with Crippen LogP contribution in [-0.4, -0.2) is 26.6 Å². The van der Waals surface area contributed by atoms with Crippen molar-refractivity contribution in [3.05, 3.63) is 47.5 Å². The van der Waals surface area contributed by atoms with Gasteiger partial charge in [0, 0.05) is 0 Å². The van der Waals surface area contributed by atoms with Crippen LogP contribution in [0.4, 0.5) is 13.2 Å². The maximum Gasteiger partial charge on any atom is 0.523 e. The average Bonchev–Trinajstić information content (AvgIpc) is 2.62. The monoisotopic (exact) mass is 406 g/mol. The maximum atomic E-state index is 12.4. The van der Waals surface area contributed by atoms with E-state index in [1.165, 1.54) is 6.08 Å². The molecule has 0 radical (unpaired) electrons. The first kappa shape index (κ1) is 21.9. The molecule has 27 heavy (non-hydrogen) atoms. The van der Waals surface area contributed by atoms with Crippen molar-refractivity contribution in [2.45, 2.75) is 63.2 Å². The van der Waals surface area contributed by atoms with Gasteiger partial charge in [-0.25, -0.2) is 0 Å². The van der Waals surface area contributed by atoms with E-state index in [1.54, 1.807) is 0 Å². The molecule has 0 saturated carbocycles. The summed E-state index contributed by atoms with van der Waals surface area (Å²) in [6.45, 7) is 1.45. The third-order valence-corrected chi connectivity index (χ3v) is 5.54. The summed E-state index contributed by atoms with van der Waals surface area (Å²) in [4.78, 5) is 0. The number of rotatable bonds is 8. The minimum atomic E-state index is -5.58. The van der Waals surface area contributed by atoms with Gasteiger partial charge < -0.3 is 4.74 Å². The van der Waals surface area contributed by atoms with Gasteiger partial charge in [0.25, 0.3) is 0 Å². The van der Waals surface area contributed by atoms with Crippen LogP contribution in [0.3, 0.4) is 0 Å². The number of hydrogen-bond acceptors (Lipinski definition) is 4. The van der Waals surface area contributed by atoms with Crippen LogP contribution < -0.4 is 0 Å². The first-order chi connectivity index (χ1) is 12.7. The lowest BCUT2D eigenvalue weighted by Crippen LogP contribution is -2.27. The number of hydrogen-bond donors (Lipinski definition) is 0. The van der Waals surface area contributed by atoms with Crippen molar-refractivity contribution in [2.24, 2.45) is 0 Å². The van der Waals surface area contributed by atoms with Gasteiger partial charge in [0.1, 0.15) is 0 Å². The van der Waals surface area contributed by atoms with E-state index < -0.39 is 22.2 Å². The van der Waals surface area contributed by atoms with Gasteiger partial charge >= 0.3 is 15.6 Å². The quantitative estimate of drug-likeness (QED) is 0.255. The summed E-state index contributed by atoms with van der Waals surface area (Å²) in [6, 6.07) is 9.77. The molecule has 1 aliphatic heterocycles. The fourth-order valence-corrected chi connectivity index (χ4v) is 3.47. The van der Waals surface area contributed by atoms with Crippen LogP contribution in [0.15, 0.2) is 42.0 Å². The second-order valence-electron chi connectivity index (χ2n) is 6.52. The van der Waals surface area contributed by atoms with Crippen molar-refractivity contribution in [1.82, 2.24) is 0 Å². The highest BCUT2D eigenvalue weighted by atomic mass is 32.2. The summed E-state index contributed by atoms with van der Waals surface area (Å²) in [5.41, 5.74) is -3.54. The first-order valence-corrected chi connectivity index (χ1v) is 10.5. The highest BCUT2D eigenvalue weighted by Crippen LogP contribution is 2.36. The molecular weight excluding hydrogens is 381 g/mol. The molecular formula is C19H25F3O4S. The highest BCUT2D eigenvalue weighted by Gasteiger charge is 2.47. The second kappa shape index (κ2) is 9.71. The smallest absolute Gasteiger partial charge is 0.366 e. The van der Waals surface area contributed by atoms with Gasteiger partial charge in [-0.2, -0.15) is 21.6 Å². The molecule has 0 amide bonds. The number of ether oxygens (including phenoxy) is 1. The molecule has 1 aromatic carbocycles. The molecule has 4 nitrogen and oxygen atoms in total. The van der Waals surface area contributed by atoms with Crippen LogP contribution in [0.25, 0.3) is 0 Å². The van der Waals surface area contributed by atoms with Gasteiger partial charge in [0.05, 0.1) is 18.8 Å². The molecule has 2 rings (SSSR count). The van der Waals surface area contributed by atoms with E-state index in [1.807, 2.05) is 30.3 Å². The lowest BCUT2D eigenvalue weighted by atomic mass is 9.91. The SMILES string of the molecule is CCCCCC1OC(c2ccccc2)CCC1=CCOS(=O)(=O)C(F)(F)F. The molecule has 0 aromatic heterocycles. The Morgan fingerprint density at radius 2 is 1.93 bits per heavy atom. The second-order valence-corrected chi connectivity index (χ2v) is 8.13. The molecule has 1 aliphatic rings. The average molecular weight is 406 g/mol. The molecule has 0 spiro atoms. The fraction of sp³-hybridized carbons (Fsp3) is 0.579. The molecule has 1 heterocycles. The Morgan fingerprint density at radius 1 is 1.22 bits per heavy atom. The summed E-state index contributed by atoms with van der Waals surface area (Å²) in [5.74, 6) is 0. The Labute approximate surface area is 158 Å². The molecule has 0 bridgehead atoms. The Kier molecular flexibility index (Phi) is 7.88. The zero-order chi connectivity index (χ0) is 19.9. The summed E-state index contributed by atoms with van der Waals surface area (Å²) < 4.78 is 69.4. The van der Waals surface area contributed by atoms with Crippen molar-refractivity contribution in [3.63, 3.8) is 0 Å². The zero-order valence-corrected chi connectivity index (χ0v) is 16.1. The van der Waals surface area contributed by atoms with Gasteiger partial charge in [-0.05, 0) is 30.4 Å². The Bertz CT molecular complexity index is 714. The van der Waals surface area contributed by atoms with Crippen molar-refractivity contribution < 1.29 is 30.5 Å². The van der Waals surface area contributed by atoms with E-state index in [-0.39, 0.29) is 12.2 Å². The van der Waals surface area contributed by atoms with Crippen LogP contribution in [-0.2, 0) is 19.0 Å². The molecule has 0 aliphatic carbocycles. The van der Waals surface area contributed by atoms with Crippen LogP contribution >= 0.6 is 0 Å².